The summed E-state index contributed by atoms with van der Waals surface area (Å²) in [5, 5.41) is 6.67. The molecule has 2 rings (SSSR count). The van der Waals surface area contributed by atoms with Gasteiger partial charge < -0.3 is 24.1 Å². The van der Waals surface area contributed by atoms with Crippen LogP contribution < -0.4 is 14.8 Å². The minimum absolute atomic E-state index is 0.266. The van der Waals surface area contributed by atoms with Crippen molar-refractivity contribution >= 4 is 5.91 Å². The molecule has 1 amide bonds. The van der Waals surface area contributed by atoms with E-state index in [1.807, 2.05) is 0 Å². The molecular formula is C16H20N2O5. The Morgan fingerprint density at radius 3 is 2.39 bits per heavy atom. The van der Waals surface area contributed by atoms with Crippen LogP contribution in [0.15, 0.2) is 22.7 Å². The van der Waals surface area contributed by atoms with Gasteiger partial charge in [0, 0.05) is 25.3 Å². The highest BCUT2D eigenvalue weighted by atomic mass is 16.5. The lowest BCUT2D eigenvalue weighted by Crippen LogP contribution is -2.27. The highest BCUT2D eigenvalue weighted by Crippen LogP contribution is 2.32. The molecular weight excluding hydrogens is 300 g/mol. The zero-order valence-corrected chi connectivity index (χ0v) is 13.6. The first-order valence-electron chi connectivity index (χ1n) is 7.07. The van der Waals surface area contributed by atoms with Gasteiger partial charge in [0.2, 0.25) is 0 Å². The Kier molecular flexibility index (Phi) is 5.59. The van der Waals surface area contributed by atoms with Gasteiger partial charge in [-0.25, -0.2) is 0 Å². The van der Waals surface area contributed by atoms with Gasteiger partial charge in [0.15, 0.2) is 5.76 Å². The van der Waals surface area contributed by atoms with Gasteiger partial charge in [0.05, 0.1) is 26.5 Å². The summed E-state index contributed by atoms with van der Waals surface area (Å²) in [7, 11) is 4.69. The van der Waals surface area contributed by atoms with Crippen molar-refractivity contribution in [3.8, 4) is 22.8 Å². The van der Waals surface area contributed by atoms with E-state index in [1.165, 1.54) is 0 Å². The molecule has 1 aromatic heterocycles. The van der Waals surface area contributed by atoms with Gasteiger partial charge in [-0.1, -0.05) is 5.16 Å². The van der Waals surface area contributed by atoms with Crippen molar-refractivity contribution in [1.29, 1.82) is 0 Å². The van der Waals surface area contributed by atoms with Gasteiger partial charge in [0.1, 0.15) is 17.1 Å². The Morgan fingerprint density at radius 1 is 1.17 bits per heavy atom. The van der Waals surface area contributed by atoms with Crippen LogP contribution in [-0.2, 0) is 4.74 Å². The Morgan fingerprint density at radius 2 is 1.83 bits per heavy atom. The fraction of sp³-hybridized carbons (Fsp3) is 0.375. The summed E-state index contributed by atoms with van der Waals surface area (Å²) in [5.74, 6) is 1.30. The first-order chi connectivity index (χ1) is 11.1. The third kappa shape index (κ3) is 3.81. The minimum atomic E-state index is -0.266. The molecule has 0 atom stereocenters. The first-order valence-corrected chi connectivity index (χ1v) is 7.07. The Balaban J connectivity index is 2.39. The number of nitrogens with zero attached hydrogens (tertiary/aromatic N) is 1. The number of carbonyl (C=O) groups is 1. The van der Waals surface area contributed by atoms with Crippen molar-refractivity contribution in [2.45, 2.75) is 6.92 Å². The van der Waals surface area contributed by atoms with E-state index in [9.17, 15) is 4.79 Å². The van der Waals surface area contributed by atoms with Crippen molar-refractivity contribution in [1.82, 2.24) is 10.5 Å². The van der Waals surface area contributed by atoms with E-state index in [-0.39, 0.29) is 5.91 Å². The molecule has 0 bridgehead atoms. The zero-order chi connectivity index (χ0) is 16.8. The lowest BCUT2D eigenvalue weighted by atomic mass is 10.1. The number of hydrogen-bond acceptors (Lipinski definition) is 6. The Labute approximate surface area is 134 Å². The number of hydrogen-bond donors (Lipinski definition) is 1. The highest BCUT2D eigenvalue weighted by Gasteiger charge is 2.22. The van der Waals surface area contributed by atoms with E-state index >= 15 is 0 Å². The maximum atomic E-state index is 12.4. The maximum Gasteiger partial charge on any atom is 0.257 e. The normalized spacial score (nSPS) is 10.4. The topological polar surface area (TPSA) is 82.8 Å². The molecule has 0 unspecified atom stereocenters. The molecule has 0 fully saturated rings. The number of ether oxygens (including phenoxy) is 3. The fourth-order valence-electron chi connectivity index (χ4n) is 2.13. The standard InChI is InChI=1S/C16H20N2O5/c1-10-14(16(19)17-5-6-20-2)15(23-18-10)11-7-12(21-3)9-13(8-11)22-4/h7-9H,5-6H2,1-4H3,(H,17,19). The van der Waals surface area contributed by atoms with Crippen LogP contribution >= 0.6 is 0 Å². The molecule has 0 radical (unpaired) electrons. The van der Waals surface area contributed by atoms with Gasteiger partial charge in [-0.15, -0.1) is 0 Å². The van der Waals surface area contributed by atoms with Gasteiger partial charge >= 0.3 is 0 Å². The SMILES string of the molecule is COCCNC(=O)c1c(C)noc1-c1cc(OC)cc(OC)c1. The van der Waals surface area contributed by atoms with Gasteiger partial charge in [-0.2, -0.15) is 0 Å². The Hall–Kier alpha value is -2.54. The second kappa shape index (κ2) is 7.64. The zero-order valence-electron chi connectivity index (χ0n) is 13.6. The monoisotopic (exact) mass is 320 g/mol. The lowest BCUT2D eigenvalue weighted by molar-refractivity contribution is 0.0937. The molecule has 7 nitrogen and oxygen atoms in total. The quantitative estimate of drug-likeness (QED) is 0.786. The van der Waals surface area contributed by atoms with Crippen LogP contribution in [0.2, 0.25) is 0 Å². The summed E-state index contributed by atoms with van der Waals surface area (Å²) in [4.78, 5) is 12.4. The summed E-state index contributed by atoms with van der Waals surface area (Å²) in [6, 6.07) is 5.26. The van der Waals surface area contributed by atoms with E-state index in [4.69, 9.17) is 18.7 Å². The van der Waals surface area contributed by atoms with E-state index in [1.54, 1.807) is 46.5 Å². The summed E-state index contributed by atoms with van der Waals surface area (Å²) < 4.78 is 20.8. The largest absolute Gasteiger partial charge is 0.497 e. The number of rotatable bonds is 7. The number of aryl methyl sites for hydroxylation is 1. The lowest BCUT2D eigenvalue weighted by Gasteiger charge is -2.08. The van der Waals surface area contributed by atoms with Crippen molar-refractivity contribution in [3.05, 3.63) is 29.5 Å². The van der Waals surface area contributed by atoms with Crippen molar-refractivity contribution in [2.75, 3.05) is 34.5 Å². The molecule has 7 heteroatoms. The van der Waals surface area contributed by atoms with Gasteiger partial charge in [0.25, 0.3) is 5.91 Å². The fourth-order valence-corrected chi connectivity index (χ4v) is 2.13. The smallest absolute Gasteiger partial charge is 0.257 e. The molecule has 1 aromatic carbocycles. The average Bonchev–Trinajstić information content (AvgIpc) is 2.96. The van der Waals surface area contributed by atoms with Crippen molar-refractivity contribution in [3.63, 3.8) is 0 Å². The van der Waals surface area contributed by atoms with Crippen LogP contribution in [0.3, 0.4) is 0 Å². The molecule has 0 saturated heterocycles. The van der Waals surface area contributed by atoms with Crippen LogP contribution in [-0.4, -0.2) is 45.5 Å². The predicted molar refractivity (Wildman–Crippen MR) is 84.0 cm³/mol. The van der Waals surface area contributed by atoms with Crippen molar-refractivity contribution < 1.29 is 23.5 Å². The molecule has 23 heavy (non-hydrogen) atoms. The van der Waals surface area contributed by atoms with Crippen LogP contribution in [0.1, 0.15) is 16.1 Å². The number of benzene rings is 1. The highest BCUT2D eigenvalue weighted by molar-refractivity contribution is 6.00. The van der Waals surface area contributed by atoms with E-state index in [0.717, 1.165) is 0 Å². The number of nitrogens with one attached hydrogen (secondary N) is 1. The third-order valence-corrected chi connectivity index (χ3v) is 3.30. The number of methoxy groups -OCH3 is 3. The van der Waals surface area contributed by atoms with E-state index < -0.39 is 0 Å². The summed E-state index contributed by atoms with van der Waals surface area (Å²) in [6.45, 7) is 2.55. The molecule has 0 aliphatic rings. The molecule has 124 valence electrons. The molecule has 0 saturated carbocycles. The average molecular weight is 320 g/mol. The summed E-state index contributed by atoms with van der Waals surface area (Å²) >= 11 is 0. The predicted octanol–water partition coefficient (Wildman–Crippen LogP) is 2.04. The summed E-state index contributed by atoms with van der Waals surface area (Å²) in [5.41, 5.74) is 1.55. The third-order valence-electron chi connectivity index (χ3n) is 3.30. The van der Waals surface area contributed by atoms with Gasteiger partial charge in [-0.05, 0) is 19.1 Å². The van der Waals surface area contributed by atoms with Gasteiger partial charge in [-0.3, -0.25) is 4.79 Å². The number of amides is 1. The maximum absolute atomic E-state index is 12.4. The molecule has 0 aliphatic carbocycles. The van der Waals surface area contributed by atoms with Crippen LogP contribution in [0.4, 0.5) is 0 Å². The number of aromatic nitrogens is 1. The van der Waals surface area contributed by atoms with E-state index in [0.29, 0.717) is 47.2 Å². The van der Waals surface area contributed by atoms with E-state index in [2.05, 4.69) is 10.5 Å². The number of carbonyl (C=O) groups excluding carboxylic acids is 1. The second-order valence-corrected chi connectivity index (χ2v) is 4.82. The van der Waals surface area contributed by atoms with Crippen molar-refractivity contribution in [2.24, 2.45) is 0 Å². The summed E-state index contributed by atoms with van der Waals surface area (Å²) in [6.07, 6.45) is 0. The molecule has 0 aliphatic heterocycles. The minimum Gasteiger partial charge on any atom is -0.497 e. The molecule has 2 aromatic rings. The first kappa shape index (κ1) is 16.8. The van der Waals surface area contributed by atoms with Crippen LogP contribution in [0.5, 0.6) is 11.5 Å². The molecule has 0 spiro atoms. The van der Waals surface area contributed by atoms with Crippen LogP contribution in [0.25, 0.3) is 11.3 Å². The van der Waals surface area contributed by atoms with Crippen LogP contribution in [0, 0.1) is 6.92 Å². The second-order valence-electron chi connectivity index (χ2n) is 4.82. The molecule has 1 heterocycles. The Bertz CT molecular complexity index is 659. The molecule has 1 N–H and O–H groups in total.